The predicted octanol–water partition coefficient (Wildman–Crippen LogP) is 2.38. The zero-order valence-electron chi connectivity index (χ0n) is 13.8. The van der Waals surface area contributed by atoms with Gasteiger partial charge in [0, 0.05) is 0 Å². The van der Waals surface area contributed by atoms with Crippen LogP contribution in [0.25, 0.3) is 0 Å². The molecule has 0 aromatic heterocycles. The van der Waals surface area contributed by atoms with E-state index in [0.717, 1.165) is 6.07 Å². The van der Waals surface area contributed by atoms with E-state index >= 15 is 0 Å². The van der Waals surface area contributed by atoms with E-state index in [1.165, 1.54) is 13.2 Å². The fourth-order valence-corrected chi connectivity index (χ4v) is 3.79. The summed E-state index contributed by atoms with van der Waals surface area (Å²) in [6.07, 6.45) is -6.16. The van der Waals surface area contributed by atoms with Gasteiger partial charge in [-0.05, 0) is 30.3 Å². The van der Waals surface area contributed by atoms with Gasteiger partial charge < -0.3 is 15.4 Å². The summed E-state index contributed by atoms with van der Waals surface area (Å²) in [5.74, 6) is -0.476. The first-order valence-electron chi connectivity index (χ1n) is 7.56. The highest BCUT2D eigenvalue weighted by Crippen LogP contribution is 2.35. The number of para-hydroxylation sites is 2. The average molecular weight is 401 g/mol. The lowest BCUT2D eigenvalue weighted by Gasteiger charge is -2.28. The van der Waals surface area contributed by atoms with Crippen molar-refractivity contribution in [1.82, 2.24) is 4.72 Å². The van der Waals surface area contributed by atoms with E-state index in [9.17, 15) is 26.4 Å². The van der Waals surface area contributed by atoms with Crippen molar-refractivity contribution in [3.8, 4) is 5.75 Å². The van der Waals surface area contributed by atoms with Gasteiger partial charge in [0.05, 0.1) is 24.0 Å². The smallest absolute Gasteiger partial charge is 0.416 e. The molecule has 1 amide bonds. The van der Waals surface area contributed by atoms with Gasteiger partial charge in [0.15, 0.2) is 6.17 Å². The Morgan fingerprint density at radius 2 is 1.89 bits per heavy atom. The van der Waals surface area contributed by atoms with Crippen molar-refractivity contribution in [3.63, 3.8) is 0 Å². The zero-order valence-corrected chi connectivity index (χ0v) is 14.6. The maximum atomic E-state index is 12.9. The van der Waals surface area contributed by atoms with E-state index < -0.39 is 33.8 Å². The normalized spacial score (nSPS) is 18.1. The number of carbonyl (C=O) groups is 1. The first-order valence-corrected chi connectivity index (χ1v) is 9.04. The van der Waals surface area contributed by atoms with Crippen LogP contribution in [0.5, 0.6) is 5.75 Å². The summed E-state index contributed by atoms with van der Waals surface area (Å²) in [5, 5.41) is 4.95. The van der Waals surface area contributed by atoms with E-state index in [-0.39, 0.29) is 16.3 Å². The maximum absolute atomic E-state index is 12.9. The molecule has 1 heterocycles. The van der Waals surface area contributed by atoms with Crippen molar-refractivity contribution in [1.29, 1.82) is 0 Å². The molecule has 0 radical (unpaired) electrons. The molecule has 3 rings (SSSR count). The van der Waals surface area contributed by atoms with Crippen molar-refractivity contribution in [3.05, 3.63) is 48.0 Å². The minimum Gasteiger partial charge on any atom is -0.495 e. The quantitative estimate of drug-likeness (QED) is 0.734. The first kappa shape index (κ1) is 19.0. The Balaban J connectivity index is 1.90. The number of alkyl halides is 3. The van der Waals surface area contributed by atoms with Gasteiger partial charge >= 0.3 is 6.18 Å². The molecule has 27 heavy (non-hydrogen) atoms. The SMILES string of the molecule is COc1ccccc1NC(=O)[C@H]1Nc2cc(C(F)(F)F)ccc2S(=O)(=O)N1. The molecule has 7 nitrogen and oxygen atoms in total. The lowest BCUT2D eigenvalue weighted by Crippen LogP contribution is -2.51. The number of methoxy groups -OCH3 is 1. The number of rotatable bonds is 3. The van der Waals surface area contributed by atoms with Gasteiger partial charge in [-0.2, -0.15) is 17.9 Å². The van der Waals surface area contributed by atoms with E-state index in [1.54, 1.807) is 18.2 Å². The number of anilines is 2. The van der Waals surface area contributed by atoms with Crippen molar-refractivity contribution in [2.75, 3.05) is 17.7 Å². The van der Waals surface area contributed by atoms with Crippen LogP contribution in [0.3, 0.4) is 0 Å². The molecule has 3 N–H and O–H groups in total. The Kier molecular flexibility index (Phi) is 4.74. The molecule has 0 fully saturated rings. The summed E-state index contributed by atoms with van der Waals surface area (Å²) in [6, 6.07) is 8.56. The molecule has 1 aliphatic rings. The Morgan fingerprint density at radius 1 is 1.19 bits per heavy atom. The van der Waals surface area contributed by atoms with Crippen LogP contribution < -0.4 is 20.1 Å². The van der Waals surface area contributed by atoms with Gasteiger partial charge in [-0.15, -0.1) is 0 Å². The Hall–Kier alpha value is -2.79. The van der Waals surface area contributed by atoms with E-state index in [4.69, 9.17) is 4.74 Å². The van der Waals surface area contributed by atoms with Gasteiger partial charge in [-0.1, -0.05) is 12.1 Å². The number of hydrogen-bond donors (Lipinski definition) is 3. The standard InChI is InChI=1S/C16H14F3N3O4S/c1-26-12-5-3-2-4-10(12)21-15(23)14-20-11-8-9(16(17,18)19)6-7-13(11)27(24,25)22-14/h2-8,14,20,22H,1H3,(H,21,23)/t14-/m0/s1. The monoisotopic (exact) mass is 401 g/mol. The van der Waals surface area contributed by atoms with E-state index in [0.29, 0.717) is 17.9 Å². The summed E-state index contributed by atoms with van der Waals surface area (Å²) in [6.45, 7) is 0. The third-order valence-electron chi connectivity index (χ3n) is 3.80. The molecule has 2 aromatic rings. The van der Waals surface area contributed by atoms with Crippen LogP contribution in [-0.2, 0) is 21.0 Å². The Labute approximate surface area is 152 Å². The number of nitrogens with one attached hydrogen (secondary N) is 3. The molecule has 0 spiro atoms. The summed E-state index contributed by atoms with van der Waals surface area (Å²) in [4.78, 5) is 12.1. The van der Waals surface area contributed by atoms with Gasteiger partial charge in [-0.25, -0.2) is 8.42 Å². The minimum absolute atomic E-state index is 0.279. The second-order valence-electron chi connectivity index (χ2n) is 5.60. The zero-order chi connectivity index (χ0) is 19.8. The van der Waals surface area contributed by atoms with Crippen molar-refractivity contribution in [2.24, 2.45) is 0 Å². The third-order valence-corrected chi connectivity index (χ3v) is 5.28. The Bertz CT molecular complexity index is 993. The van der Waals surface area contributed by atoms with E-state index in [2.05, 4.69) is 15.4 Å². The second kappa shape index (κ2) is 6.74. The van der Waals surface area contributed by atoms with Gasteiger partial charge in [-0.3, -0.25) is 4.79 Å². The number of fused-ring (bicyclic) bond motifs is 1. The van der Waals surface area contributed by atoms with Gasteiger partial charge in [0.1, 0.15) is 10.6 Å². The molecule has 0 saturated heterocycles. The molecule has 1 atom stereocenters. The summed E-state index contributed by atoms with van der Waals surface area (Å²) in [7, 11) is -2.79. The summed E-state index contributed by atoms with van der Waals surface area (Å²) >= 11 is 0. The number of amides is 1. The molecular formula is C16H14F3N3O4S. The molecule has 0 saturated carbocycles. The molecular weight excluding hydrogens is 387 g/mol. The molecule has 1 aliphatic heterocycles. The summed E-state index contributed by atoms with van der Waals surface area (Å²) < 4.78 is 70.4. The highest BCUT2D eigenvalue weighted by atomic mass is 32.2. The van der Waals surface area contributed by atoms with Crippen LogP contribution in [-0.4, -0.2) is 27.6 Å². The Morgan fingerprint density at radius 3 is 2.56 bits per heavy atom. The highest BCUT2D eigenvalue weighted by Gasteiger charge is 2.37. The number of halogens is 3. The van der Waals surface area contributed by atoms with Crippen LogP contribution in [0.4, 0.5) is 24.5 Å². The lowest BCUT2D eigenvalue weighted by atomic mass is 10.2. The molecule has 144 valence electrons. The molecule has 0 aliphatic carbocycles. The van der Waals surface area contributed by atoms with Crippen molar-refractivity contribution >= 4 is 27.3 Å². The number of carbonyl (C=O) groups excluding carboxylic acids is 1. The third kappa shape index (κ3) is 3.83. The number of sulfonamides is 1. The lowest BCUT2D eigenvalue weighted by molar-refractivity contribution is -0.137. The van der Waals surface area contributed by atoms with Crippen LogP contribution in [0.2, 0.25) is 0 Å². The van der Waals surface area contributed by atoms with Crippen molar-refractivity contribution in [2.45, 2.75) is 17.2 Å². The van der Waals surface area contributed by atoms with Crippen LogP contribution in [0.15, 0.2) is 47.4 Å². The summed E-state index contributed by atoms with van der Waals surface area (Å²) in [5.41, 5.74) is -1.07. The molecule has 0 bridgehead atoms. The molecule has 0 unspecified atom stereocenters. The van der Waals surface area contributed by atoms with E-state index in [1.807, 2.05) is 0 Å². The maximum Gasteiger partial charge on any atom is 0.416 e. The molecule has 2 aromatic carbocycles. The topological polar surface area (TPSA) is 96.5 Å². The van der Waals surface area contributed by atoms with Crippen molar-refractivity contribution < 1.29 is 31.1 Å². The van der Waals surface area contributed by atoms with Crippen LogP contribution in [0, 0.1) is 0 Å². The minimum atomic E-state index is -4.65. The van der Waals surface area contributed by atoms with Crippen LogP contribution >= 0.6 is 0 Å². The number of ether oxygens (including phenoxy) is 1. The first-order chi connectivity index (χ1) is 12.6. The van der Waals surface area contributed by atoms with Gasteiger partial charge in [0.25, 0.3) is 5.91 Å². The fraction of sp³-hybridized carbons (Fsp3) is 0.188. The fourth-order valence-electron chi connectivity index (χ4n) is 2.53. The molecule has 11 heteroatoms. The number of hydrogen-bond acceptors (Lipinski definition) is 5. The van der Waals surface area contributed by atoms with Gasteiger partial charge in [0.2, 0.25) is 10.0 Å². The number of benzene rings is 2. The largest absolute Gasteiger partial charge is 0.495 e. The average Bonchev–Trinajstić information content (AvgIpc) is 2.60. The highest BCUT2D eigenvalue weighted by molar-refractivity contribution is 7.89. The van der Waals surface area contributed by atoms with Crippen LogP contribution in [0.1, 0.15) is 5.56 Å². The second-order valence-corrected chi connectivity index (χ2v) is 7.28. The predicted molar refractivity (Wildman–Crippen MR) is 90.8 cm³/mol.